The summed E-state index contributed by atoms with van der Waals surface area (Å²) in [6.07, 6.45) is 3.26. The minimum atomic E-state index is -2.50. The molecule has 12 heteroatoms. The Hall–Kier alpha value is -4.35. The van der Waals surface area contributed by atoms with E-state index in [0.29, 0.717) is 36.3 Å². The number of aromatic nitrogens is 6. The van der Waals surface area contributed by atoms with E-state index in [2.05, 4.69) is 30.4 Å². The Morgan fingerprint density at radius 1 is 1.05 bits per heavy atom. The lowest BCUT2D eigenvalue weighted by Crippen LogP contribution is -2.66. The van der Waals surface area contributed by atoms with Crippen LogP contribution in [0, 0.1) is 5.41 Å². The number of anilines is 4. The van der Waals surface area contributed by atoms with Gasteiger partial charge in [0.1, 0.15) is 11.6 Å². The number of nitrogen functional groups attached to an aromatic ring is 1. The van der Waals surface area contributed by atoms with Crippen LogP contribution in [-0.2, 0) is 7.05 Å². The van der Waals surface area contributed by atoms with Crippen molar-refractivity contribution in [2.45, 2.75) is 18.8 Å². The maximum atomic E-state index is 13.3. The molecule has 2 fully saturated rings. The Kier molecular flexibility index (Phi) is 5.21. The smallest absolute Gasteiger partial charge is 0.249 e. The number of pyridine rings is 1. The third-order valence-electron chi connectivity index (χ3n) is 6.82. The van der Waals surface area contributed by atoms with Crippen LogP contribution in [0.4, 0.5) is 32.2 Å². The second-order valence-electron chi connectivity index (χ2n) is 9.69. The van der Waals surface area contributed by atoms with Gasteiger partial charge in [-0.1, -0.05) is 0 Å². The predicted molar refractivity (Wildman–Crippen MR) is 135 cm³/mol. The highest BCUT2D eigenvalue weighted by molar-refractivity contribution is 5.72. The van der Waals surface area contributed by atoms with Crippen LogP contribution in [0.2, 0.25) is 0 Å². The molecule has 4 aromatic rings. The van der Waals surface area contributed by atoms with Gasteiger partial charge in [0.25, 0.3) is 0 Å². The number of hydrogen-bond acceptors (Lipinski definition) is 9. The molecule has 2 aliphatic rings. The lowest BCUT2D eigenvalue weighted by atomic mass is 9.61. The minimum absolute atomic E-state index is 0.0218. The molecule has 1 aliphatic heterocycles. The van der Waals surface area contributed by atoms with Gasteiger partial charge in [0.05, 0.1) is 12.8 Å². The van der Waals surface area contributed by atoms with Gasteiger partial charge in [0, 0.05) is 73.7 Å². The molecule has 0 unspecified atom stereocenters. The summed E-state index contributed by atoms with van der Waals surface area (Å²) in [5.41, 5.74) is 8.44. The molecule has 1 saturated carbocycles. The van der Waals surface area contributed by atoms with E-state index in [9.17, 15) is 8.78 Å². The van der Waals surface area contributed by atoms with Crippen LogP contribution < -0.4 is 20.7 Å². The summed E-state index contributed by atoms with van der Waals surface area (Å²) in [6.45, 7) is 1.25. The molecular weight excluding hydrogens is 480 g/mol. The van der Waals surface area contributed by atoms with Gasteiger partial charge in [-0.25, -0.2) is 28.4 Å². The normalized spacial score (nSPS) is 17.2. The van der Waals surface area contributed by atoms with Crippen LogP contribution in [0.25, 0.3) is 22.6 Å². The molecule has 0 atom stereocenters. The van der Waals surface area contributed by atoms with Crippen molar-refractivity contribution >= 4 is 23.4 Å². The van der Waals surface area contributed by atoms with Crippen LogP contribution in [0.1, 0.15) is 12.8 Å². The number of rotatable bonds is 6. The van der Waals surface area contributed by atoms with Crippen LogP contribution in [-0.4, -0.2) is 55.8 Å². The molecule has 37 heavy (non-hydrogen) atoms. The second kappa shape index (κ2) is 8.36. The highest BCUT2D eigenvalue weighted by atomic mass is 19.3. The average Bonchev–Trinajstić information content (AvgIpc) is 3.20. The molecule has 4 heterocycles. The van der Waals surface area contributed by atoms with Crippen molar-refractivity contribution in [1.29, 1.82) is 0 Å². The summed E-state index contributed by atoms with van der Waals surface area (Å²) < 4.78 is 33.7. The monoisotopic (exact) mass is 505 g/mol. The number of methoxy groups -OCH3 is 1. The fourth-order valence-corrected chi connectivity index (χ4v) is 5.15. The quantitative estimate of drug-likeness (QED) is 0.402. The van der Waals surface area contributed by atoms with Crippen LogP contribution in [0.5, 0.6) is 5.75 Å². The molecule has 1 spiro atoms. The first kappa shape index (κ1) is 23.1. The number of aryl methyl sites for hydroxylation is 1. The van der Waals surface area contributed by atoms with E-state index in [4.69, 9.17) is 10.5 Å². The molecule has 1 saturated heterocycles. The molecule has 6 rings (SSSR count). The third-order valence-corrected chi connectivity index (χ3v) is 6.82. The van der Waals surface area contributed by atoms with E-state index in [1.165, 1.54) is 0 Å². The Labute approximate surface area is 211 Å². The maximum absolute atomic E-state index is 13.3. The topological polar surface area (TPSA) is 120 Å². The first-order chi connectivity index (χ1) is 17.7. The van der Waals surface area contributed by atoms with Gasteiger partial charge in [-0.3, -0.25) is 0 Å². The van der Waals surface area contributed by atoms with E-state index in [1.807, 2.05) is 35.2 Å². The molecule has 10 nitrogen and oxygen atoms in total. The highest BCUT2D eigenvalue weighted by Crippen LogP contribution is 2.57. The minimum Gasteiger partial charge on any atom is -0.496 e. The highest BCUT2D eigenvalue weighted by Gasteiger charge is 2.61. The maximum Gasteiger partial charge on any atom is 0.249 e. The molecular formula is C25H25F2N9O. The molecule has 0 amide bonds. The van der Waals surface area contributed by atoms with E-state index < -0.39 is 5.92 Å². The van der Waals surface area contributed by atoms with E-state index >= 15 is 0 Å². The number of nitrogens with two attached hydrogens (primary N) is 1. The Balaban J connectivity index is 1.16. The number of benzene rings is 1. The lowest BCUT2D eigenvalue weighted by molar-refractivity contribution is -0.170. The van der Waals surface area contributed by atoms with Crippen molar-refractivity contribution < 1.29 is 13.5 Å². The summed E-state index contributed by atoms with van der Waals surface area (Å²) >= 11 is 0. The second-order valence-corrected chi connectivity index (χ2v) is 9.69. The number of hydrogen-bond donors (Lipinski definition) is 2. The standard InChI is InChI=1S/C25H25F2N9O/c1-35-23(31-16-4-5-17(19(9-16)37-2)18-7-8-29-22(28)32-18)33-21(34-35)15-3-6-20(30-10-15)36-13-24(14-36)11-25(26,27)12-24/h3-10H,11-14H2,1-2H3,(H2,28,29,32)(H,31,33,34). The van der Waals surface area contributed by atoms with Gasteiger partial charge in [0.2, 0.25) is 17.8 Å². The zero-order chi connectivity index (χ0) is 25.8. The summed E-state index contributed by atoms with van der Waals surface area (Å²) in [4.78, 5) is 19.4. The molecule has 1 aromatic carbocycles. The van der Waals surface area contributed by atoms with Crippen molar-refractivity contribution in [2.24, 2.45) is 12.5 Å². The number of ether oxygens (including phenoxy) is 1. The van der Waals surface area contributed by atoms with Crippen LogP contribution in [0.3, 0.4) is 0 Å². The Bertz CT molecular complexity index is 1460. The van der Waals surface area contributed by atoms with Crippen LogP contribution >= 0.6 is 0 Å². The first-order valence-corrected chi connectivity index (χ1v) is 11.8. The zero-order valence-corrected chi connectivity index (χ0v) is 20.3. The molecule has 3 N–H and O–H groups in total. The van der Waals surface area contributed by atoms with Gasteiger partial charge in [-0.05, 0) is 30.3 Å². The zero-order valence-electron chi connectivity index (χ0n) is 20.3. The molecule has 3 aromatic heterocycles. The van der Waals surface area contributed by atoms with Crippen molar-refractivity contribution in [3.8, 4) is 28.4 Å². The Morgan fingerprint density at radius 3 is 2.54 bits per heavy atom. The van der Waals surface area contributed by atoms with Gasteiger partial charge in [-0.15, -0.1) is 5.10 Å². The first-order valence-electron chi connectivity index (χ1n) is 11.8. The number of nitrogens with zero attached hydrogens (tertiary/aromatic N) is 7. The van der Waals surface area contributed by atoms with Gasteiger partial charge in [-0.2, -0.15) is 4.98 Å². The van der Waals surface area contributed by atoms with Gasteiger partial charge >= 0.3 is 0 Å². The van der Waals surface area contributed by atoms with E-state index in [1.54, 1.807) is 37.3 Å². The van der Waals surface area contributed by atoms with Crippen molar-refractivity contribution in [3.63, 3.8) is 0 Å². The van der Waals surface area contributed by atoms with Gasteiger partial charge in [0.15, 0.2) is 5.82 Å². The molecule has 190 valence electrons. The number of alkyl halides is 2. The van der Waals surface area contributed by atoms with E-state index in [0.717, 1.165) is 22.6 Å². The fraction of sp³-hybridized carbons (Fsp3) is 0.320. The number of halogens is 2. The summed E-state index contributed by atoms with van der Waals surface area (Å²) in [5.74, 6) is 0.129. The molecule has 0 bridgehead atoms. The van der Waals surface area contributed by atoms with Crippen LogP contribution in [0.15, 0.2) is 48.8 Å². The van der Waals surface area contributed by atoms with Crippen molar-refractivity contribution in [2.75, 3.05) is 36.1 Å². The lowest BCUT2D eigenvalue weighted by Gasteiger charge is -2.59. The third kappa shape index (κ3) is 4.28. The summed E-state index contributed by atoms with van der Waals surface area (Å²) in [5, 5.41) is 7.77. The Morgan fingerprint density at radius 2 is 1.86 bits per heavy atom. The van der Waals surface area contributed by atoms with Crippen molar-refractivity contribution in [1.82, 2.24) is 29.7 Å². The van der Waals surface area contributed by atoms with Crippen molar-refractivity contribution in [3.05, 3.63) is 48.8 Å². The fourth-order valence-electron chi connectivity index (χ4n) is 5.15. The number of nitrogens with one attached hydrogen (secondary N) is 1. The molecule has 0 radical (unpaired) electrons. The van der Waals surface area contributed by atoms with E-state index in [-0.39, 0.29) is 24.2 Å². The van der Waals surface area contributed by atoms with Gasteiger partial charge < -0.3 is 20.7 Å². The predicted octanol–water partition coefficient (Wildman–Crippen LogP) is 3.90. The SMILES string of the molecule is COc1cc(Nc2nc(-c3ccc(N4CC5(C4)CC(F)(F)C5)nc3)nn2C)ccc1-c1ccnc(N)n1. The summed E-state index contributed by atoms with van der Waals surface area (Å²) in [6, 6.07) is 11.2. The molecule has 1 aliphatic carbocycles. The summed E-state index contributed by atoms with van der Waals surface area (Å²) in [7, 11) is 3.38. The largest absolute Gasteiger partial charge is 0.496 e. The average molecular weight is 506 g/mol.